The maximum absolute atomic E-state index is 5.42. The summed E-state index contributed by atoms with van der Waals surface area (Å²) in [5, 5.41) is 8.08. The molecular weight excluding hydrogens is 234 g/mol. The maximum Gasteiger partial charge on any atom is 0.243 e. The smallest absolute Gasteiger partial charge is 0.243 e. The molecule has 1 N–H and O–H groups in total. The summed E-state index contributed by atoms with van der Waals surface area (Å²) in [5.74, 6) is 2.94. The topological polar surface area (TPSA) is 51.0 Å². The van der Waals surface area contributed by atoms with Crippen molar-refractivity contribution in [2.45, 2.75) is 49.8 Å². The minimum Gasteiger partial charge on any atom is -0.338 e. The van der Waals surface area contributed by atoms with Gasteiger partial charge >= 0.3 is 0 Å². The third kappa shape index (κ3) is 2.65. The second-order valence-electron chi connectivity index (χ2n) is 4.85. The average molecular weight is 253 g/mol. The summed E-state index contributed by atoms with van der Waals surface area (Å²) in [6.07, 6.45) is 7.46. The van der Waals surface area contributed by atoms with Crippen LogP contribution in [0.15, 0.2) is 4.52 Å². The molecule has 17 heavy (non-hydrogen) atoms. The Morgan fingerprint density at radius 3 is 2.88 bits per heavy atom. The molecule has 0 amide bonds. The molecule has 4 nitrogen and oxygen atoms in total. The van der Waals surface area contributed by atoms with Gasteiger partial charge in [0.1, 0.15) is 0 Å². The standard InChI is InChI=1S/C12H19N3OS/c1-3-7-13-9(5-1)12-14-11(15-16-12)10-6-2-4-8-17-10/h9-10,13H,1-8H2/t9-,10?/m1/s1. The Bertz CT molecular complexity index is 324. The lowest BCUT2D eigenvalue weighted by atomic mass is 10.1. The fraction of sp³-hybridized carbons (Fsp3) is 0.833. The van der Waals surface area contributed by atoms with Gasteiger partial charge < -0.3 is 9.84 Å². The van der Waals surface area contributed by atoms with Gasteiger partial charge in [0.25, 0.3) is 0 Å². The van der Waals surface area contributed by atoms with Crippen molar-refractivity contribution in [2.24, 2.45) is 0 Å². The molecule has 2 saturated heterocycles. The molecular formula is C12H19N3OS. The zero-order valence-corrected chi connectivity index (χ0v) is 10.8. The van der Waals surface area contributed by atoms with E-state index in [2.05, 4.69) is 15.5 Å². The zero-order chi connectivity index (χ0) is 11.5. The van der Waals surface area contributed by atoms with Crippen LogP contribution in [-0.2, 0) is 0 Å². The normalized spacial score (nSPS) is 30.4. The summed E-state index contributed by atoms with van der Waals surface area (Å²) in [6, 6.07) is 0.290. The van der Waals surface area contributed by atoms with Crippen LogP contribution < -0.4 is 5.32 Å². The van der Waals surface area contributed by atoms with E-state index in [9.17, 15) is 0 Å². The van der Waals surface area contributed by atoms with Gasteiger partial charge in [0.05, 0.1) is 11.3 Å². The molecule has 1 aromatic rings. The first kappa shape index (κ1) is 11.5. The number of thioether (sulfide) groups is 1. The molecule has 1 aromatic heterocycles. The number of aromatic nitrogens is 2. The Morgan fingerprint density at radius 2 is 2.12 bits per heavy atom. The first-order valence-electron chi connectivity index (χ1n) is 6.62. The van der Waals surface area contributed by atoms with Crippen molar-refractivity contribution in [1.82, 2.24) is 15.5 Å². The van der Waals surface area contributed by atoms with Crippen LogP contribution in [-0.4, -0.2) is 22.4 Å². The molecule has 2 aliphatic heterocycles. The van der Waals surface area contributed by atoms with Gasteiger partial charge in [-0.05, 0) is 38.0 Å². The van der Waals surface area contributed by atoms with E-state index in [1.54, 1.807) is 0 Å². The van der Waals surface area contributed by atoms with Crippen LogP contribution in [0, 0.1) is 0 Å². The third-order valence-corrected chi connectivity index (χ3v) is 4.91. The fourth-order valence-corrected chi connectivity index (χ4v) is 3.76. The van der Waals surface area contributed by atoms with Crippen LogP contribution >= 0.6 is 11.8 Å². The molecule has 2 fully saturated rings. The molecule has 3 heterocycles. The van der Waals surface area contributed by atoms with Gasteiger partial charge in [-0.1, -0.05) is 18.0 Å². The lowest BCUT2D eigenvalue weighted by Crippen LogP contribution is -2.27. The van der Waals surface area contributed by atoms with Crippen molar-refractivity contribution >= 4 is 11.8 Å². The van der Waals surface area contributed by atoms with E-state index in [0.717, 1.165) is 24.7 Å². The highest BCUT2D eigenvalue weighted by Gasteiger charge is 2.25. The molecule has 0 aliphatic carbocycles. The first-order chi connectivity index (χ1) is 8.43. The molecule has 3 rings (SSSR count). The van der Waals surface area contributed by atoms with E-state index in [1.807, 2.05) is 11.8 Å². The average Bonchev–Trinajstić information content (AvgIpc) is 2.90. The molecule has 1 unspecified atom stereocenters. The molecule has 0 bridgehead atoms. The number of hydrogen-bond donors (Lipinski definition) is 1. The predicted octanol–water partition coefficient (Wildman–Crippen LogP) is 2.84. The van der Waals surface area contributed by atoms with Crippen molar-refractivity contribution in [3.05, 3.63) is 11.7 Å². The lowest BCUT2D eigenvalue weighted by Gasteiger charge is -2.20. The molecule has 0 radical (unpaired) electrons. The van der Waals surface area contributed by atoms with Gasteiger partial charge in [0.2, 0.25) is 5.89 Å². The summed E-state index contributed by atoms with van der Waals surface area (Å²) in [7, 11) is 0. The van der Waals surface area contributed by atoms with Crippen LogP contribution in [0.5, 0.6) is 0 Å². The maximum atomic E-state index is 5.42. The molecule has 5 heteroatoms. The quantitative estimate of drug-likeness (QED) is 0.878. The van der Waals surface area contributed by atoms with Crippen LogP contribution in [0.4, 0.5) is 0 Å². The van der Waals surface area contributed by atoms with Gasteiger partial charge in [-0.2, -0.15) is 16.7 Å². The monoisotopic (exact) mass is 253 g/mol. The van der Waals surface area contributed by atoms with E-state index in [4.69, 9.17) is 4.52 Å². The summed E-state index contributed by atoms with van der Waals surface area (Å²) in [5.41, 5.74) is 0. The SMILES string of the molecule is C1CC[C@H](c2nc(C3CCCCS3)no2)NC1. The Hall–Kier alpha value is -0.550. The second-order valence-corrected chi connectivity index (χ2v) is 6.16. The number of piperidine rings is 1. The van der Waals surface area contributed by atoms with Crippen molar-refractivity contribution in [3.8, 4) is 0 Å². The van der Waals surface area contributed by atoms with Gasteiger partial charge in [-0.15, -0.1) is 0 Å². The summed E-state index contributed by atoms with van der Waals surface area (Å²) >= 11 is 1.97. The highest BCUT2D eigenvalue weighted by atomic mass is 32.2. The van der Waals surface area contributed by atoms with Crippen molar-refractivity contribution in [2.75, 3.05) is 12.3 Å². The van der Waals surface area contributed by atoms with Crippen molar-refractivity contribution in [3.63, 3.8) is 0 Å². The highest BCUT2D eigenvalue weighted by Crippen LogP contribution is 2.37. The van der Waals surface area contributed by atoms with Gasteiger partial charge in [-0.25, -0.2) is 0 Å². The Balaban J connectivity index is 1.68. The van der Waals surface area contributed by atoms with Crippen LogP contribution in [0.2, 0.25) is 0 Å². The number of rotatable bonds is 2. The van der Waals surface area contributed by atoms with E-state index in [0.29, 0.717) is 11.3 Å². The van der Waals surface area contributed by atoms with Crippen LogP contribution in [0.3, 0.4) is 0 Å². The van der Waals surface area contributed by atoms with Crippen molar-refractivity contribution in [1.29, 1.82) is 0 Å². The fourth-order valence-electron chi connectivity index (χ4n) is 2.53. The van der Waals surface area contributed by atoms with E-state index in [1.165, 1.54) is 37.9 Å². The van der Waals surface area contributed by atoms with Gasteiger partial charge in [-0.3, -0.25) is 0 Å². The molecule has 2 atom stereocenters. The first-order valence-corrected chi connectivity index (χ1v) is 7.67. The van der Waals surface area contributed by atoms with Gasteiger partial charge in [0.15, 0.2) is 5.82 Å². The third-order valence-electron chi connectivity index (χ3n) is 3.53. The van der Waals surface area contributed by atoms with E-state index >= 15 is 0 Å². The second kappa shape index (κ2) is 5.40. The minimum atomic E-state index is 0.290. The number of nitrogens with one attached hydrogen (secondary N) is 1. The Morgan fingerprint density at radius 1 is 1.18 bits per heavy atom. The van der Waals surface area contributed by atoms with E-state index < -0.39 is 0 Å². The van der Waals surface area contributed by atoms with E-state index in [-0.39, 0.29) is 0 Å². The van der Waals surface area contributed by atoms with Crippen LogP contribution in [0.1, 0.15) is 61.5 Å². The minimum absolute atomic E-state index is 0.290. The number of hydrogen-bond acceptors (Lipinski definition) is 5. The lowest BCUT2D eigenvalue weighted by molar-refractivity contribution is 0.295. The largest absolute Gasteiger partial charge is 0.338 e. The molecule has 0 spiro atoms. The highest BCUT2D eigenvalue weighted by molar-refractivity contribution is 7.99. The zero-order valence-electron chi connectivity index (χ0n) is 10.0. The van der Waals surface area contributed by atoms with Crippen LogP contribution in [0.25, 0.3) is 0 Å². The molecule has 94 valence electrons. The predicted molar refractivity (Wildman–Crippen MR) is 67.9 cm³/mol. The van der Waals surface area contributed by atoms with Gasteiger partial charge in [0, 0.05) is 0 Å². The van der Waals surface area contributed by atoms with Crippen molar-refractivity contribution < 1.29 is 4.52 Å². The summed E-state index contributed by atoms with van der Waals surface area (Å²) < 4.78 is 5.42. The molecule has 0 aromatic carbocycles. The Labute approximate surface area is 106 Å². The number of nitrogens with zero attached hydrogens (tertiary/aromatic N) is 2. The Kier molecular flexibility index (Phi) is 3.66. The molecule has 2 aliphatic rings. The summed E-state index contributed by atoms with van der Waals surface area (Å²) in [4.78, 5) is 4.60. The summed E-state index contributed by atoms with van der Waals surface area (Å²) in [6.45, 7) is 1.07. The molecule has 0 saturated carbocycles.